The first-order chi connectivity index (χ1) is 7.70. The van der Waals surface area contributed by atoms with E-state index in [0.29, 0.717) is 4.88 Å². The average molecular weight is 233 g/mol. The lowest BCUT2D eigenvalue weighted by atomic mass is 10.2. The second-order valence-corrected chi connectivity index (χ2v) is 4.17. The Hall–Kier alpha value is -2.01. The fraction of sp³-hybridized carbons (Fsp3) is 0. The van der Waals surface area contributed by atoms with Crippen molar-refractivity contribution in [3.8, 4) is 10.4 Å². The van der Waals surface area contributed by atoms with E-state index in [0.717, 1.165) is 16.7 Å². The lowest BCUT2D eigenvalue weighted by molar-refractivity contribution is 0.0690. The molecule has 4 nitrogen and oxygen atoms in total. The standard InChI is InChI=1S/C11H7NO3S/c13-6-8-1-2-10(16-8)7-3-4-12-9(5-7)11(14)15/h1-6H,(H,14,15). The van der Waals surface area contributed by atoms with Gasteiger partial charge in [0.05, 0.1) is 4.88 Å². The van der Waals surface area contributed by atoms with Crippen molar-refractivity contribution in [2.24, 2.45) is 0 Å². The van der Waals surface area contributed by atoms with Crippen LogP contribution >= 0.6 is 11.3 Å². The van der Waals surface area contributed by atoms with Crippen LogP contribution in [-0.4, -0.2) is 22.3 Å². The van der Waals surface area contributed by atoms with Crippen LogP contribution in [0.2, 0.25) is 0 Å². The number of nitrogens with zero attached hydrogens (tertiary/aromatic N) is 1. The zero-order chi connectivity index (χ0) is 11.5. The maximum atomic E-state index is 10.7. The Balaban J connectivity index is 2.43. The van der Waals surface area contributed by atoms with Crippen LogP contribution in [0, 0.1) is 0 Å². The molecule has 0 unspecified atom stereocenters. The van der Waals surface area contributed by atoms with Crippen molar-refractivity contribution in [2.75, 3.05) is 0 Å². The maximum Gasteiger partial charge on any atom is 0.354 e. The zero-order valence-corrected chi connectivity index (χ0v) is 8.90. The summed E-state index contributed by atoms with van der Waals surface area (Å²) in [7, 11) is 0. The van der Waals surface area contributed by atoms with Crippen molar-refractivity contribution in [1.82, 2.24) is 4.98 Å². The van der Waals surface area contributed by atoms with Gasteiger partial charge in [-0.05, 0) is 29.8 Å². The molecule has 0 aliphatic carbocycles. The molecule has 2 heterocycles. The van der Waals surface area contributed by atoms with E-state index < -0.39 is 5.97 Å². The predicted molar refractivity (Wildman–Crippen MR) is 59.9 cm³/mol. The molecule has 0 aromatic carbocycles. The number of carboxylic acid groups (broad SMARTS) is 1. The van der Waals surface area contributed by atoms with Crippen LogP contribution in [0.15, 0.2) is 30.5 Å². The number of rotatable bonds is 3. The second kappa shape index (κ2) is 4.24. The summed E-state index contributed by atoms with van der Waals surface area (Å²) in [5, 5.41) is 8.79. The van der Waals surface area contributed by atoms with Gasteiger partial charge in [-0.3, -0.25) is 4.79 Å². The van der Waals surface area contributed by atoms with Gasteiger partial charge in [0.15, 0.2) is 6.29 Å². The maximum absolute atomic E-state index is 10.7. The molecule has 1 N–H and O–H groups in total. The molecule has 0 aliphatic heterocycles. The number of aromatic nitrogens is 1. The number of carbonyl (C=O) groups is 2. The summed E-state index contributed by atoms with van der Waals surface area (Å²) in [6, 6.07) is 6.69. The van der Waals surface area contributed by atoms with Crippen LogP contribution in [0.4, 0.5) is 0 Å². The van der Waals surface area contributed by atoms with Gasteiger partial charge in [-0.1, -0.05) is 0 Å². The highest BCUT2D eigenvalue weighted by Gasteiger charge is 2.07. The van der Waals surface area contributed by atoms with Crippen LogP contribution in [0.1, 0.15) is 20.2 Å². The molecule has 16 heavy (non-hydrogen) atoms. The number of thiophene rings is 1. The Bertz CT molecular complexity index is 548. The number of aldehydes is 1. The van der Waals surface area contributed by atoms with Gasteiger partial charge in [0, 0.05) is 11.1 Å². The highest BCUT2D eigenvalue weighted by molar-refractivity contribution is 7.17. The third-order valence-electron chi connectivity index (χ3n) is 2.01. The molecule has 0 atom stereocenters. The van der Waals surface area contributed by atoms with Crippen LogP contribution < -0.4 is 0 Å². The first kappa shape index (κ1) is 10.5. The summed E-state index contributed by atoms with van der Waals surface area (Å²) in [6.45, 7) is 0. The fourth-order valence-corrected chi connectivity index (χ4v) is 2.09. The van der Waals surface area contributed by atoms with E-state index in [4.69, 9.17) is 5.11 Å². The number of carbonyl (C=O) groups excluding carboxylic acids is 1. The average Bonchev–Trinajstić information content (AvgIpc) is 2.77. The third-order valence-corrected chi connectivity index (χ3v) is 3.07. The van der Waals surface area contributed by atoms with Gasteiger partial charge < -0.3 is 5.11 Å². The summed E-state index contributed by atoms with van der Waals surface area (Å²) in [5.41, 5.74) is 0.754. The van der Waals surface area contributed by atoms with Gasteiger partial charge in [-0.2, -0.15) is 0 Å². The minimum absolute atomic E-state index is 0.00134. The molecular weight excluding hydrogens is 226 g/mol. The minimum Gasteiger partial charge on any atom is -0.477 e. The smallest absolute Gasteiger partial charge is 0.354 e. The first-order valence-electron chi connectivity index (χ1n) is 4.45. The first-order valence-corrected chi connectivity index (χ1v) is 5.27. The van der Waals surface area contributed by atoms with E-state index in [1.807, 2.05) is 0 Å². The molecule has 0 aliphatic rings. The van der Waals surface area contributed by atoms with E-state index in [1.54, 1.807) is 18.2 Å². The highest BCUT2D eigenvalue weighted by atomic mass is 32.1. The Morgan fingerprint density at radius 2 is 2.19 bits per heavy atom. The molecule has 0 saturated carbocycles. The monoisotopic (exact) mass is 233 g/mol. The number of pyridine rings is 1. The topological polar surface area (TPSA) is 67.3 Å². The summed E-state index contributed by atoms with van der Waals surface area (Å²) in [5.74, 6) is -1.06. The van der Waals surface area contributed by atoms with E-state index in [9.17, 15) is 9.59 Å². The molecule has 5 heteroatoms. The van der Waals surface area contributed by atoms with Crippen molar-refractivity contribution in [1.29, 1.82) is 0 Å². The molecule has 0 amide bonds. The molecule has 2 rings (SSSR count). The number of carboxylic acids is 1. The van der Waals surface area contributed by atoms with Crippen molar-refractivity contribution in [2.45, 2.75) is 0 Å². The summed E-state index contributed by atoms with van der Waals surface area (Å²) in [6.07, 6.45) is 2.21. The predicted octanol–water partition coefficient (Wildman–Crippen LogP) is 2.32. The molecule has 0 saturated heterocycles. The fourth-order valence-electron chi connectivity index (χ4n) is 1.27. The molecule has 0 fully saturated rings. The van der Waals surface area contributed by atoms with Crippen LogP contribution in [0.5, 0.6) is 0 Å². The van der Waals surface area contributed by atoms with Gasteiger partial charge in [0.25, 0.3) is 0 Å². The lowest BCUT2D eigenvalue weighted by Crippen LogP contribution is -1.99. The number of hydrogen-bond donors (Lipinski definition) is 1. The van der Waals surface area contributed by atoms with Crippen LogP contribution in [-0.2, 0) is 0 Å². The van der Waals surface area contributed by atoms with Gasteiger partial charge >= 0.3 is 5.97 Å². The van der Waals surface area contributed by atoms with Crippen molar-refractivity contribution < 1.29 is 14.7 Å². The summed E-state index contributed by atoms with van der Waals surface area (Å²) >= 11 is 1.32. The Morgan fingerprint density at radius 1 is 1.38 bits per heavy atom. The van der Waals surface area contributed by atoms with Crippen LogP contribution in [0.3, 0.4) is 0 Å². The third kappa shape index (κ3) is 1.99. The quantitative estimate of drug-likeness (QED) is 0.826. The molecular formula is C11H7NO3S. The molecule has 80 valence electrons. The number of aromatic carboxylic acids is 1. The highest BCUT2D eigenvalue weighted by Crippen LogP contribution is 2.27. The molecule has 2 aromatic rings. The molecule has 0 spiro atoms. The van der Waals surface area contributed by atoms with E-state index in [2.05, 4.69) is 4.98 Å². The van der Waals surface area contributed by atoms with Crippen molar-refractivity contribution in [3.05, 3.63) is 41.0 Å². The Kier molecular flexibility index (Phi) is 2.78. The van der Waals surface area contributed by atoms with Gasteiger partial charge in [0.1, 0.15) is 5.69 Å². The van der Waals surface area contributed by atoms with Crippen LogP contribution in [0.25, 0.3) is 10.4 Å². The lowest BCUT2D eigenvalue weighted by Gasteiger charge is -1.98. The number of hydrogen-bond acceptors (Lipinski definition) is 4. The second-order valence-electron chi connectivity index (χ2n) is 3.05. The Labute approximate surface area is 95.2 Å². The van der Waals surface area contributed by atoms with Crippen molar-refractivity contribution in [3.63, 3.8) is 0 Å². The minimum atomic E-state index is -1.06. The van der Waals surface area contributed by atoms with Gasteiger partial charge in [-0.15, -0.1) is 11.3 Å². The Morgan fingerprint density at radius 3 is 2.81 bits per heavy atom. The normalized spacial score (nSPS) is 10.0. The molecule has 2 aromatic heterocycles. The van der Waals surface area contributed by atoms with E-state index in [1.165, 1.54) is 23.6 Å². The largest absolute Gasteiger partial charge is 0.477 e. The molecule has 0 radical (unpaired) electrons. The van der Waals surface area contributed by atoms with Crippen molar-refractivity contribution >= 4 is 23.6 Å². The van der Waals surface area contributed by atoms with E-state index >= 15 is 0 Å². The van der Waals surface area contributed by atoms with E-state index in [-0.39, 0.29) is 5.69 Å². The summed E-state index contributed by atoms with van der Waals surface area (Å²) in [4.78, 5) is 26.5. The zero-order valence-electron chi connectivity index (χ0n) is 8.08. The summed E-state index contributed by atoms with van der Waals surface area (Å²) < 4.78 is 0. The van der Waals surface area contributed by atoms with Gasteiger partial charge in [-0.25, -0.2) is 9.78 Å². The molecule has 0 bridgehead atoms. The SMILES string of the molecule is O=Cc1ccc(-c2ccnc(C(=O)O)c2)s1. The van der Waals surface area contributed by atoms with Gasteiger partial charge in [0.2, 0.25) is 0 Å².